The third-order valence-corrected chi connectivity index (χ3v) is 4.29. The molecule has 4 nitrogen and oxygen atoms in total. The average molecular weight is 370 g/mol. The third kappa shape index (κ3) is 2.24. The van der Waals surface area contributed by atoms with E-state index in [2.05, 4.69) is 27.7 Å². The van der Waals surface area contributed by atoms with Crippen LogP contribution < -0.4 is 0 Å². The summed E-state index contributed by atoms with van der Waals surface area (Å²) in [4.78, 5) is 11.8. The molecule has 1 aromatic carbocycles. The Bertz CT molecular complexity index is 550. The van der Waals surface area contributed by atoms with Crippen molar-refractivity contribution >= 4 is 34.4 Å². The smallest absolute Gasteiger partial charge is 0.243 e. The summed E-state index contributed by atoms with van der Waals surface area (Å²) >= 11 is 2.26. The summed E-state index contributed by atoms with van der Waals surface area (Å²) in [7, 11) is 0. The predicted molar refractivity (Wildman–Crippen MR) is 80.5 cm³/mol. The van der Waals surface area contributed by atoms with Gasteiger partial charge < -0.3 is 4.74 Å². The molecule has 1 aromatic rings. The third-order valence-electron chi connectivity index (χ3n) is 3.62. The zero-order chi connectivity index (χ0) is 13.5. The molecule has 1 spiro atoms. The van der Waals surface area contributed by atoms with E-state index in [0.717, 1.165) is 34.8 Å². The second-order valence-corrected chi connectivity index (χ2v) is 6.25. The Morgan fingerprint density at radius 3 is 2.79 bits per heavy atom. The molecular weight excluding hydrogens is 355 g/mol. The van der Waals surface area contributed by atoms with Gasteiger partial charge in [0.15, 0.2) is 0 Å². The molecule has 5 heteroatoms. The van der Waals surface area contributed by atoms with Gasteiger partial charge in [-0.1, -0.05) is 6.07 Å². The van der Waals surface area contributed by atoms with Crippen molar-refractivity contribution < 1.29 is 9.53 Å². The molecule has 1 amide bonds. The Morgan fingerprint density at radius 2 is 2.16 bits per heavy atom. The summed E-state index contributed by atoms with van der Waals surface area (Å²) in [5.74, 6) is 0.512. The quantitative estimate of drug-likeness (QED) is 0.713. The number of carbonyl (C=O) groups is 1. The number of benzene rings is 1. The minimum absolute atomic E-state index is 0.0532. The van der Waals surface area contributed by atoms with Gasteiger partial charge >= 0.3 is 0 Å². The Labute approximate surface area is 126 Å². The van der Waals surface area contributed by atoms with E-state index in [4.69, 9.17) is 4.74 Å². The molecule has 0 aromatic heterocycles. The van der Waals surface area contributed by atoms with Gasteiger partial charge in [0, 0.05) is 28.9 Å². The van der Waals surface area contributed by atoms with Gasteiger partial charge in [0.25, 0.3) is 0 Å². The number of hydrazone groups is 1. The lowest BCUT2D eigenvalue weighted by molar-refractivity contribution is -0.146. The number of amides is 1. The number of halogens is 1. The molecule has 0 saturated heterocycles. The summed E-state index contributed by atoms with van der Waals surface area (Å²) in [5, 5.41) is 5.95. The van der Waals surface area contributed by atoms with Crippen LogP contribution in [0.3, 0.4) is 0 Å². The van der Waals surface area contributed by atoms with Crippen LogP contribution in [0, 0.1) is 3.57 Å². The summed E-state index contributed by atoms with van der Waals surface area (Å²) < 4.78 is 7.20. The first kappa shape index (κ1) is 12.9. The molecule has 3 rings (SSSR count). The highest BCUT2D eigenvalue weighted by molar-refractivity contribution is 14.1. The molecule has 2 aliphatic rings. The van der Waals surface area contributed by atoms with Gasteiger partial charge in [0.2, 0.25) is 17.5 Å². The minimum atomic E-state index is -0.525. The summed E-state index contributed by atoms with van der Waals surface area (Å²) in [6, 6.07) is 7.98. The van der Waals surface area contributed by atoms with Crippen LogP contribution in [-0.4, -0.2) is 22.5 Å². The highest BCUT2D eigenvalue weighted by Gasteiger charge is 2.49. The number of nitrogens with zero attached hydrogens (tertiary/aromatic N) is 2. The van der Waals surface area contributed by atoms with Crippen LogP contribution in [0.1, 0.15) is 38.2 Å². The monoisotopic (exact) mass is 370 g/mol. The molecule has 1 aliphatic heterocycles. The van der Waals surface area contributed by atoms with E-state index in [1.165, 1.54) is 5.01 Å². The number of hydrogen-bond acceptors (Lipinski definition) is 3. The van der Waals surface area contributed by atoms with E-state index in [-0.39, 0.29) is 5.91 Å². The maximum Gasteiger partial charge on any atom is 0.243 e. The van der Waals surface area contributed by atoms with Crippen LogP contribution >= 0.6 is 22.6 Å². The highest BCUT2D eigenvalue weighted by atomic mass is 127. The van der Waals surface area contributed by atoms with E-state index in [1.54, 1.807) is 6.92 Å². The molecule has 19 heavy (non-hydrogen) atoms. The number of ether oxygens (including phenoxy) is 1. The van der Waals surface area contributed by atoms with Crippen LogP contribution in [0.2, 0.25) is 0 Å². The van der Waals surface area contributed by atoms with Crippen molar-refractivity contribution in [3.63, 3.8) is 0 Å². The van der Waals surface area contributed by atoms with Crippen molar-refractivity contribution in [1.29, 1.82) is 0 Å². The van der Waals surface area contributed by atoms with E-state index >= 15 is 0 Å². The molecule has 1 aliphatic carbocycles. The van der Waals surface area contributed by atoms with Crippen LogP contribution in [-0.2, 0) is 9.53 Å². The molecular formula is C14H15IN2O2. The van der Waals surface area contributed by atoms with Gasteiger partial charge in [-0.05, 0) is 53.6 Å². The summed E-state index contributed by atoms with van der Waals surface area (Å²) in [6.07, 6.45) is 3.89. The first-order valence-electron chi connectivity index (χ1n) is 6.45. The molecule has 1 saturated carbocycles. The van der Waals surface area contributed by atoms with E-state index in [1.807, 2.05) is 24.3 Å². The molecule has 0 bridgehead atoms. The lowest BCUT2D eigenvalue weighted by atomic mass is 10.1. The Morgan fingerprint density at radius 1 is 1.42 bits per heavy atom. The van der Waals surface area contributed by atoms with Gasteiger partial charge in [0.1, 0.15) is 0 Å². The maximum absolute atomic E-state index is 11.8. The van der Waals surface area contributed by atoms with Gasteiger partial charge in [-0.3, -0.25) is 4.79 Å². The fourth-order valence-electron chi connectivity index (χ4n) is 2.76. The normalized spacial score (nSPS) is 20.5. The largest absolute Gasteiger partial charge is 0.447 e. The Kier molecular flexibility index (Phi) is 3.24. The topological polar surface area (TPSA) is 41.9 Å². The minimum Gasteiger partial charge on any atom is -0.447 e. The lowest BCUT2D eigenvalue weighted by Gasteiger charge is -2.29. The first-order valence-corrected chi connectivity index (χ1v) is 7.53. The van der Waals surface area contributed by atoms with Gasteiger partial charge in [-0.2, -0.15) is 5.01 Å². The van der Waals surface area contributed by atoms with Crippen LogP contribution in [0.4, 0.5) is 0 Å². The first-order chi connectivity index (χ1) is 9.11. The Hall–Kier alpha value is -1.11. The predicted octanol–water partition coefficient (Wildman–Crippen LogP) is 3.10. The molecule has 0 radical (unpaired) electrons. The standard InChI is InChI=1S/C14H15IN2O2/c1-10(18)17-14(7-2-3-8-14)19-13(16-17)11-5-4-6-12(15)9-11/h4-6,9H,2-3,7-8H2,1H3. The Balaban J connectivity index is 1.96. The zero-order valence-corrected chi connectivity index (χ0v) is 12.9. The van der Waals surface area contributed by atoms with Crippen LogP contribution in [0.5, 0.6) is 0 Å². The van der Waals surface area contributed by atoms with Crippen molar-refractivity contribution in [3.8, 4) is 0 Å². The molecule has 0 atom stereocenters. The van der Waals surface area contributed by atoms with E-state index < -0.39 is 5.72 Å². The molecule has 0 unspecified atom stereocenters. The second kappa shape index (κ2) is 4.77. The SMILES string of the molecule is CC(=O)N1N=C(c2cccc(I)c2)OC12CCCC2. The van der Waals surface area contributed by atoms with E-state index in [9.17, 15) is 4.79 Å². The van der Waals surface area contributed by atoms with Crippen LogP contribution in [0.25, 0.3) is 0 Å². The fraction of sp³-hybridized carbons (Fsp3) is 0.429. The maximum atomic E-state index is 11.8. The highest BCUT2D eigenvalue weighted by Crippen LogP contribution is 2.41. The number of carbonyl (C=O) groups excluding carboxylic acids is 1. The number of hydrogen-bond donors (Lipinski definition) is 0. The second-order valence-electron chi connectivity index (χ2n) is 5.00. The molecule has 0 N–H and O–H groups in total. The molecule has 1 fully saturated rings. The number of rotatable bonds is 1. The van der Waals surface area contributed by atoms with Gasteiger partial charge in [-0.25, -0.2) is 0 Å². The van der Waals surface area contributed by atoms with Crippen LogP contribution in [0.15, 0.2) is 29.4 Å². The van der Waals surface area contributed by atoms with Gasteiger partial charge in [0.05, 0.1) is 0 Å². The molecule has 1 heterocycles. The average Bonchev–Trinajstić information content (AvgIpc) is 2.98. The van der Waals surface area contributed by atoms with Crippen molar-refractivity contribution in [2.45, 2.75) is 38.3 Å². The van der Waals surface area contributed by atoms with Gasteiger partial charge in [-0.15, -0.1) is 5.10 Å². The molecule has 100 valence electrons. The van der Waals surface area contributed by atoms with Crippen molar-refractivity contribution in [2.24, 2.45) is 5.10 Å². The zero-order valence-electron chi connectivity index (χ0n) is 10.7. The van der Waals surface area contributed by atoms with Crippen molar-refractivity contribution in [3.05, 3.63) is 33.4 Å². The lowest BCUT2D eigenvalue weighted by Crippen LogP contribution is -2.44. The van der Waals surface area contributed by atoms with Crippen molar-refractivity contribution in [2.75, 3.05) is 0 Å². The van der Waals surface area contributed by atoms with Crippen molar-refractivity contribution in [1.82, 2.24) is 5.01 Å². The summed E-state index contributed by atoms with van der Waals surface area (Å²) in [6.45, 7) is 1.55. The fourth-order valence-corrected chi connectivity index (χ4v) is 3.31. The summed E-state index contributed by atoms with van der Waals surface area (Å²) in [5.41, 5.74) is 0.407. The van der Waals surface area contributed by atoms with E-state index in [0.29, 0.717) is 5.90 Å².